The molecule has 0 aliphatic rings. The van der Waals surface area contributed by atoms with E-state index in [4.69, 9.17) is 5.73 Å². The molecular formula is C21H13F3N6. The highest BCUT2D eigenvalue weighted by atomic mass is 19.4. The van der Waals surface area contributed by atoms with Crippen LogP contribution in [0.2, 0.25) is 0 Å². The van der Waals surface area contributed by atoms with Crippen LogP contribution in [0.15, 0.2) is 66.9 Å². The predicted octanol–water partition coefficient (Wildman–Crippen LogP) is 4.47. The molecule has 2 aromatic heterocycles. The van der Waals surface area contributed by atoms with Crippen molar-refractivity contribution in [2.45, 2.75) is 6.18 Å². The van der Waals surface area contributed by atoms with Crippen LogP contribution in [0.4, 0.5) is 19.0 Å². The molecule has 148 valence electrons. The van der Waals surface area contributed by atoms with Gasteiger partial charge in [-0.3, -0.25) is 0 Å². The number of anilines is 1. The fourth-order valence-corrected chi connectivity index (χ4v) is 3.02. The van der Waals surface area contributed by atoms with E-state index >= 15 is 0 Å². The normalized spacial score (nSPS) is 11.3. The van der Waals surface area contributed by atoms with Gasteiger partial charge in [0, 0.05) is 5.56 Å². The lowest BCUT2D eigenvalue weighted by Gasteiger charge is -2.17. The van der Waals surface area contributed by atoms with Crippen molar-refractivity contribution >= 4 is 5.82 Å². The van der Waals surface area contributed by atoms with E-state index in [0.29, 0.717) is 16.7 Å². The van der Waals surface area contributed by atoms with Gasteiger partial charge in [-0.05, 0) is 5.56 Å². The lowest BCUT2D eigenvalue weighted by molar-refractivity contribution is -0.144. The van der Waals surface area contributed by atoms with Gasteiger partial charge in [-0.2, -0.15) is 28.2 Å². The third kappa shape index (κ3) is 3.35. The molecule has 2 aromatic carbocycles. The molecule has 0 aliphatic carbocycles. The van der Waals surface area contributed by atoms with Crippen LogP contribution >= 0.6 is 0 Å². The van der Waals surface area contributed by atoms with Crippen LogP contribution in [-0.4, -0.2) is 19.7 Å². The summed E-state index contributed by atoms with van der Waals surface area (Å²) in [5.74, 6) is -1.61. The minimum Gasteiger partial charge on any atom is -0.382 e. The Morgan fingerprint density at radius 3 is 2.03 bits per heavy atom. The number of nitrogens with zero attached hydrogens (tertiary/aromatic N) is 5. The van der Waals surface area contributed by atoms with Crippen LogP contribution in [0.1, 0.15) is 11.4 Å². The molecule has 4 rings (SSSR count). The molecule has 2 heterocycles. The number of nitrogen functional groups attached to an aromatic ring is 1. The summed E-state index contributed by atoms with van der Waals surface area (Å²) in [6, 6.07) is 19.1. The lowest BCUT2D eigenvalue weighted by atomic mass is 9.99. The monoisotopic (exact) mass is 406 g/mol. The molecule has 30 heavy (non-hydrogen) atoms. The van der Waals surface area contributed by atoms with Crippen LogP contribution in [0.5, 0.6) is 0 Å². The van der Waals surface area contributed by atoms with E-state index in [1.807, 2.05) is 6.07 Å². The van der Waals surface area contributed by atoms with Crippen molar-refractivity contribution in [3.8, 4) is 34.3 Å². The fourth-order valence-electron chi connectivity index (χ4n) is 3.02. The molecule has 0 amide bonds. The summed E-state index contributed by atoms with van der Waals surface area (Å²) in [5, 5.41) is 13.2. The maximum absolute atomic E-state index is 13.6. The molecule has 2 N–H and O–H groups in total. The summed E-state index contributed by atoms with van der Waals surface area (Å²) in [4.78, 5) is 7.61. The van der Waals surface area contributed by atoms with Crippen molar-refractivity contribution in [3.63, 3.8) is 0 Å². The number of halogens is 3. The second kappa shape index (κ2) is 7.33. The van der Waals surface area contributed by atoms with Gasteiger partial charge in [0.15, 0.2) is 5.82 Å². The van der Waals surface area contributed by atoms with E-state index in [1.165, 1.54) is 6.20 Å². The van der Waals surface area contributed by atoms with E-state index in [-0.39, 0.29) is 22.9 Å². The second-order valence-electron chi connectivity index (χ2n) is 6.29. The molecule has 6 nitrogen and oxygen atoms in total. The first-order valence-electron chi connectivity index (χ1n) is 8.74. The van der Waals surface area contributed by atoms with Crippen molar-refractivity contribution < 1.29 is 13.2 Å². The topological polar surface area (TPSA) is 93.4 Å². The van der Waals surface area contributed by atoms with Crippen molar-refractivity contribution in [3.05, 3.63) is 78.2 Å². The van der Waals surface area contributed by atoms with E-state index in [0.717, 1.165) is 4.68 Å². The predicted molar refractivity (Wildman–Crippen MR) is 104 cm³/mol. The Hall–Kier alpha value is -4.19. The third-order valence-electron chi connectivity index (χ3n) is 4.38. The maximum Gasteiger partial charge on any atom is 0.451 e. The molecule has 0 saturated heterocycles. The van der Waals surface area contributed by atoms with Gasteiger partial charge in [0.1, 0.15) is 17.5 Å². The number of rotatable bonds is 3. The molecule has 0 fully saturated rings. The third-order valence-corrected chi connectivity index (χ3v) is 4.38. The molecule has 0 aliphatic heterocycles. The van der Waals surface area contributed by atoms with Crippen LogP contribution in [-0.2, 0) is 6.18 Å². The van der Waals surface area contributed by atoms with Crippen molar-refractivity contribution in [2.24, 2.45) is 0 Å². The van der Waals surface area contributed by atoms with Gasteiger partial charge >= 0.3 is 6.18 Å². The van der Waals surface area contributed by atoms with Crippen LogP contribution in [0.25, 0.3) is 28.2 Å². The summed E-state index contributed by atoms with van der Waals surface area (Å²) in [7, 11) is 0. The molecule has 9 heteroatoms. The molecule has 4 aromatic rings. The van der Waals surface area contributed by atoms with Crippen LogP contribution < -0.4 is 5.73 Å². The number of aromatic nitrogens is 4. The zero-order chi connectivity index (χ0) is 21.3. The first-order chi connectivity index (χ1) is 14.4. The van der Waals surface area contributed by atoms with Crippen molar-refractivity contribution in [2.75, 3.05) is 5.73 Å². The quantitative estimate of drug-likeness (QED) is 0.542. The minimum absolute atomic E-state index is 0.0300. The van der Waals surface area contributed by atoms with Gasteiger partial charge in [-0.15, -0.1) is 0 Å². The number of alkyl halides is 3. The minimum atomic E-state index is -4.80. The molecular weight excluding hydrogens is 393 g/mol. The van der Waals surface area contributed by atoms with Gasteiger partial charge in [0.25, 0.3) is 0 Å². The van der Waals surface area contributed by atoms with Crippen molar-refractivity contribution in [1.82, 2.24) is 19.7 Å². The van der Waals surface area contributed by atoms with E-state index in [9.17, 15) is 18.4 Å². The van der Waals surface area contributed by atoms with Gasteiger partial charge in [0.2, 0.25) is 5.82 Å². The zero-order valence-corrected chi connectivity index (χ0v) is 15.3. The molecule has 0 unspecified atom stereocenters. The Balaban J connectivity index is 2.14. The molecule has 0 spiro atoms. The number of hydrogen-bond acceptors (Lipinski definition) is 5. The summed E-state index contributed by atoms with van der Waals surface area (Å²) >= 11 is 0. The number of nitriles is 1. The second-order valence-corrected chi connectivity index (χ2v) is 6.29. The fraction of sp³-hybridized carbons (Fsp3) is 0.0476. The summed E-state index contributed by atoms with van der Waals surface area (Å²) in [6.45, 7) is 0. The molecule has 0 saturated carbocycles. The average molecular weight is 406 g/mol. The average Bonchev–Trinajstić information content (AvgIpc) is 3.13. The highest BCUT2D eigenvalue weighted by Crippen LogP contribution is 2.38. The standard InChI is InChI=1S/C21H13F3N6/c22-21(23,24)20-28-17(14-9-5-2-6-10-14)16(13-7-3-1-4-8-13)19(29-20)30-18(26)15(11-25)12-27-30/h1-10,12H,26H2. The molecule has 0 bridgehead atoms. The Labute approximate surface area is 169 Å². The van der Waals surface area contributed by atoms with Crippen molar-refractivity contribution in [1.29, 1.82) is 5.26 Å². The van der Waals surface area contributed by atoms with Gasteiger partial charge in [-0.25, -0.2) is 9.97 Å². The molecule has 0 radical (unpaired) electrons. The highest BCUT2D eigenvalue weighted by molar-refractivity contribution is 5.86. The van der Waals surface area contributed by atoms with E-state index < -0.39 is 12.0 Å². The molecule has 0 atom stereocenters. The van der Waals surface area contributed by atoms with E-state index in [2.05, 4.69) is 15.1 Å². The highest BCUT2D eigenvalue weighted by Gasteiger charge is 2.37. The van der Waals surface area contributed by atoms with Crippen LogP contribution in [0, 0.1) is 11.3 Å². The van der Waals surface area contributed by atoms with Crippen LogP contribution in [0.3, 0.4) is 0 Å². The van der Waals surface area contributed by atoms with Gasteiger partial charge in [-0.1, -0.05) is 60.7 Å². The number of benzene rings is 2. The zero-order valence-electron chi connectivity index (χ0n) is 15.3. The Morgan fingerprint density at radius 1 is 0.900 bits per heavy atom. The Kier molecular flexibility index (Phi) is 4.68. The van der Waals surface area contributed by atoms with Gasteiger partial charge < -0.3 is 5.73 Å². The summed E-state index contributed by atoms with van der Waals surface area (Å²) in [6.07, 6.45) is -3.62. The maximum atomic E-state index is 13.6. The summed E-state index contributed by atoms with van der Waals surface area (Å²) in [5.41, 5.74) is 7.44. The Bertz CT molecular complexity index is 1240. The number of nitrogens with two attached hydrogens (primary N) is 1. The number of hydrogen-bond donors (Lipinski definition) is 1. The largest absolute Gasteiger partial charge is 0.451 e. The first kappa shape index (κ1) is 19.1. The lowest BCUT2D eigenvalue weighted by Crippen LogP contribution is -2.17. The van der Waals surface area contributed by atoms with Gasteiger partial charge in [0.05, 0.1) is 17.5 Å². The Morgan fingerprint density at radius 2 is 1.50 bits per heavy atom. The van der Waals surface area contributed by atoms with E-state index in [1.54, 1.807) is 60.7 Å². The SMILES string of the molecule is N#Cc1cnn(-c2nc(C(F)(F)F)nc(-c3ccccc3)c2-c2ccccc2)c1N. The first-order valence-corrected chi connectivity index (χ1v) is 8.74. The smallest absolute Gasteiger partial charge is 0.382 e. The summed E-state index contributed by atoms with van der Waals surface area (Å²) < 4.78 is 42.0.